The van der Waals surface area contributed by atoms with E-state index in [-0.39, 0.29) is 0 Å². The van der Waals surface area contributed by atoms with Crippen molar-refractivity contribution >= 4 is 95.3 Å². The Hall–Kier alpha value is -6.64. The van der Waals surface area contributed by atoms with Gasteiger partial charge in [0.2, 0.25) is 0 Å². The minimum Gasteiger partial charge on any atom is -0.235 e. The summed E-state index contributed by atoms with van der Waals surface area (Å²) in [7, 11) is 0. The van der Waals surface area contributed by atoms with Crippen LogP contribution in [0.5, 0.6) is 0 Å². The zero-order valence-electron chi connectivity index (χ0n) is 30.2. The van der Waals surface area contributed by atoms with Crippen molar-refractivity contribution in [2.24, 2.45) is 0 Å². The Kier molecular flexibility index (Phi) is 7.41. The molecular formula is C50H28N4S3. The normalized spacial score (nSPS) is 11.9. The molecule has 0 aliphatic rings. The fourth-order valence-electron chi connectivity index (χ4n) is 8.01. The van der Waals surface area contributed by atoms with E-state index in [0.29, 0.717) is 17.5 Å². The molecule has 0 N–H and O–H groups in total. The van der Waals surface area contributed by atoms with Gasteiger partial charge in [-0.1, -0.05) is 140 Å². The lowest BCUT2D eigenvalue weighted by Gasteiger charge is -2.10. The molecule has 12 rings (SSSR count). The molecule has 8 aromatic carbocycles. The standard InChI is InChI=1S/C50H28N4S3/c1-3-12-29(13-4-1)31-22-23-33-27-34(25-24-32(33)26-31)48-52-47(30-14-5-2-6-15-30)53-49(54-48)39-28-42-43(37-17-8-10-21-41(37)55-42)44-46(39)57-50(51-44)38-19-11-18-36-35-16-7-9-20-40(35)56-45(36)38/h1-28H. The van der Waals surface area contributed by atoms with E-state index in [1.807, 2.05) is 29.5 Å². The Morgan fingerprint density at radius 2 is 0.947 bits per heavy atom. The largest absolute Gasteiger partial charge is 0.235 e. The van der Waals surface area contributed by atoms with Crippen LogP contribution in [0.4, 0.5) is 0 Å². The maximum Gasteiger partial charge on any atom is 0.165 e. The van der Waals surface area contributed by atoms with Crippen LogP contribution in [0.25, 0.3) is 117 Å². The van der Waals surface area contributed by atoms with Crippen LogP contribution in [-0.4, -0.2) is 19.9 Å². The SMILES string of the molecule is c1ccc(-c2ccc3cc(-c4nc(-c5ccccc5)nc(-c5cc6sc7ccccc7c6c6nc(-c7cccc8c7sc7ccccc78)sc56)n4)ccc3c2)cc1. The van der Waals surface area contributed by atoms with Gasteiger partial charge in [0, 0.05) is 62.6 Å². The van der Waals surface area contributed by atoms with Crippen molar-refractivity contribution in [1.29, 1.82) is 0 Å². The van der Waals surface area contributed by atoms with Crippen LogP contribution in [0.15, 0.2) is 170 Å². The zero-order chi connectivity index (χ0) is 37.5. The van der Waals surface area contributed by atoms with Crippen molar-refractivity contribution in [3.63, 3.8) is 0 Å². The van der Waals surface area contributed by atoms with Crippen molar-refractivity contribution in [2.45, 2.75) is 0 Å². The summed E-state index contributed by atoms with van der Waals surface area (Å²) in [6.07, 6.45) is 0. The van der Waals surface area contributed by atoms with Crippen molar-refractivity contribution in [2.75, 3.05) is 0 Å². The smallest absolute Gasteiger partial charge is 0.165 e. The van der Waals surface area contributed by atoms with Crippen molar-refractivity contribution in [3.8, 4) is 55.9 Å². The lowest BCUT2D eigenvalue weighted by Crippen LogP contribution is -2.00. The first kappa shape index (κ1) is 32.6. The topological polar surface area (TPSA) is 51.6 Å². The number of rotatable bonds is 5. The van der Waals surface area contributed by atoms with Crippen LogP contribution in [-0.2, 0) is 0 Å². The summed E-state index contributed by atoms with van der Waals surface area (Å²) in [6, 6.07) is 60.1. The third-order valence-electron chi connectivity index (χ3n) is 10.8. The van der Waals surface area contributed by atoms with Gasteiger partial charge in [0.1, 0.15) is 5.01 Å². The van der Waals surface area contributed by atoms with Gasteiger partial charge in [-0.2, -0.15) is 0 Å². The van der Waals surface area contributed by atoms with Gasteiger partial charge >= 0.3 is 0 Å². The highest BCUT2D eigenvalue weighted by Crippen LogP contribution is 2.48. The molecule has 266 valence electrons. The number of thiazole rings is 1. The van der Waals surface area contributed by atoms with E-state index in [2.05, 4.69) is 152 Å². The highest BCUT2D eigenvalue weighted by atomic mass is 32.1. The Labute approximate surface area is 339 Å². The molecule has 4 heterocycles. The first-order valence-electron chi connectivity index (χ1n) is 18.8. The van der Waals surface area contributed by atoms with Gasteiger partial charge in [-0.05, 0) is 52.2 Å². The van der Waals surface area contributed by atoms with Crippen LogP contribution in [0.3, 0.4) is 0 Å². The van der Waals surface area contributed by atoms with Crippen LogP contribution in [0, 0.1) is 0 Å². The molecule has 0 saturated carbocycles. The van der Waals surface area contributed by atoms with Crippen LogP contribution in [0.2, 0.25) is 0 Å². The number of benzene rings is 8. The summed E-state index contributed by atoms with van der Waals surface area (Å²) in [5, 5.41) is 8.24. The summed E-state index contributed by atoms with van der Waals surface area (Å²) in [5.41, 5.74) is 7.38. The number of hydrogen-bond acceptors (Lipinski definition) is 7. The second-order valence-corrected chi connectivity index (χ2v) is 17.3. The Bertz CT molecular complexity index is 3530. The van der Waals surface area contributed by atoms with Gasteiger partial charge in [-0.15, -0.1) is 34.0 Å². The lowest BCUT2D eigenvalue weighted by molar-refractivity contribution is 1.08. The predicted molar refractivity (Wildman–Crippen MR) is 243 cm³/mol. The molecule has 4 nitrogen and oxygen atoms in total. The summed E-state index contributed by atoms with van der Waals surface area (Å²) in [5.74, 6) is 1.91. The molecule has 0 aliphatic heterocycles. The van der Waals surface area contributed by atoms with Crippen LogP contribution in [0.1, 0.15) is 0 Å². The third kappa shape index (κ3) is 5.39. The molecule has 57 heavy (non-hydrogen) atoms. The van der Waals surface area contributed by atoms with E-state index in [4.69, 9.17) is 19.9 Å². The Morgan fingerprint density at radius 1 is 0.333 bits per heavy atom. The van der Waals surface area contributed by atoms with E-state index in [9.17, 15) is 0 Å². The van der Waals surface area contributed by atoms with Gasteiger partial charge in [-0.3, -0.25) is 0 Å². The van der Waals surface area contributed by atoms with Crippen molar-refractivity contribution in [3.05, 3.63) is 170 Å². The molecule has 4 aromatic heterocycles. The summed E-state index contributed by atoms with van der Waals surface area (Å²) in [4.78, 5) is 21.2. The average Bonchev–Trinajstić information content (AvgIpc) is 4.00. The van der Waals surface area contributed by atoms with E-state index in [1.54, 1.807) is 22.7 Å². The first-order chi connectivity index (χ1) is 28.2. The number of nitrogens with zero attached hydrogens (tertiary/aromatic N) is 4. The van der Waals surface area contributed by atoms with Gasteiger partial charge < -0.3 is 0 Å². The third-order valence-corrected chi connectivity index (χ3v) is 14.2. The molecular weight excluding hydrogens is 753 g/mol. The maximum absolute atomic E-state index is 5.52. The quantitative estimate of drug-likeness (QED) is 0.175. The lowest BCUT2D eigenvalue weighted by atomic mass is 10.00. The Morgan fingerprint density at radius 3 is 1.74 bits per heavy atom. The van der Waals surface area contributed by atoms with Gasteiger partial charge in [-0.25, -0.2) is 19.9 Å². The fraction of sp³-hybridized carbons (Fsp3) is 0. The number of hydrogen-bond donors (Lipinski definition) is 0. The average molecular weight is 781 g/mol. The summed E-state index contributed by atoms with van der Waals surface area (Å²) >= 11 is 5.36. The van der Waals surface area contributed by atoms with Crippen LogP contribution >= 0.6 is 34.0 Å². The molecule has 0 atom stereocenters. The Balaban J connectivity index is 1.09. The van der Waals surface area contributed by atoms with Gasteiger partial charge in [0.05, 0.1) is 10.2 Å². The second kappa shape index (κ2) is 13.0. The molecule has 0 fully saturated rings. The maximum atomic E-state index is 5.52. The van der Waals surface area contributed by atoms with Gasteiger partial charge in [0.25, 0.3) is 0 Å². The first-order valence-corrected chi connectivity index (χ1v) is 21.2. The van der Waals surface area contributed by atoms with E-state index in [0.717, 1.165) is 42.9 Å². The minimum atomic E-state index is 0.636. The summed E-state index contributed by atoms with van der Waals surface area (Å²) < 4.78 is 6.01. The molecule has 0 aliphatic carbocycles. The van der Waals surface area contributed by atoms with Crippen molar-refractivity contribution in [1.82, 2.24) is 19.9 Å². The fourth-order valence-corrected chi connectivity index (χ4v) is 11.6. The second-order valence-electron chi connectivity index (χ2n) is 14.2. The van der Waals surface area contributed by atoms with Crippen molar-refractivity contribution < 1.29 is 0 Å². The molecule has 0 spiro atoms. The molecule has 0 saturated heterocycles. The molecule has 0 radical (unpaired) electrons. The number of thiophene rings is 2. The number of aromatic nitrogens is 4. The molecule has 0 bridgehead atoms. The minimum absolute atomic E-state index is 0.636. The molecule has 7 heteroatoms. The van der Waals surface area contributed by atoms with E-state index >= 15 is 0 Å². The molecule has 0 amide bonds. The van der Waals surface area contributed by atoms with Crippen LogP contribution < -0.4 is 0 Å². The predicted octanol–water partition coefficient (Wildman–Crippen LogP) is 14.7. The highest BCUT2D eigenvalue weighted by molar-refractivity contribution is 7.28. The molecule has 12 aromatic rings. The monoisotopic (exact) mass is 780 g/mol. The van der Waals surface area contributed by atoms with Gasteiger partial charge in [0.15, 0.2) is 17.5 Å². The molecule has 0 unspecified atom stereocenters. The summed E-state index contributed by atoms with van der Waals surface area (Å²) in [6.45, 7) is 0. The number of fused-ring (bicyclic) bond motifs is 9. The highest BCUT2D eigenvalue weighted by Gasteiger charge is 2.23. The van der Waals surface area contributed by atoms with E-state index in [1.165, 1.54) is 56.9 Å². The zero-order valence-corrected chi connectivity index (χ0v) is 32.6. The van der Waals surface area contributed by atoms with E-state index < -0.39 is 0 Å².